The van der Waals surface area contributed by atoms with Gasteiger partial charge in [-0.1, -0.05) is 43.3 Å². The lowest BCUT2D eigenvalue weighted by Gasteiger charge is -2.37. The molecule has 0 bridgehead atoms. The quantitative estimate of drug-likeness (QED) is 0.876. The van der Waals surface area contributed by atoms with Gasteiger partial charge in [0.05, 0.1) is 0 Å². The van der Waals surface area contributed by atoms with Gasteiger partial charge >= 0.3 is 0 Å². The molecule has 1 nitrogen and oxygen atoms in total. The Hall–Kier alpha value is -1.67. The predicted molar refractivity (Wildman–Crippen MR) is 75.7 cm³/mol. The zero-order valence-corrected chi connectivity index (χ0v) is 11.1. The van der Waals surface area contributed by atoms with Crippen LogP contribution in [0.25, 0.3) is 0 Å². The number of rotatable bonds is 4. The average Bonchev–Trinajstić information content (AvgIpc) is 2.40. The van der Waals surface area contributed by atoms with E-state index in [9.17, 15) is 4.39 Å². The minimum atomic E-state index is -0.173. The van der Waals surface area contributed by atoms with E-state index in [-0.39, 0.29) is 11.9 Å². The van der Waals surface area contributed by atoms with Crippen LogP contribution in [0, 0.1) is 5.82 Å². The molecule has 0 fully saturated rings. The number of benzene rings is 2. The fraction of sp³-hybridized carbons (Fsp3) is 0.294. The highest BCUT2D eigenvalue weighted by Gasteiger charge is 2.33. The molecule has 2 unspecified atom stereocenters. The van der Waals surface area contributed by atoms with Crippen molar-refractivity contribution in [3.63, 3.8) is 0 Å². The molecule has 2 atom stereocenters. The SMILES string of the molecule is CCNC(c1ccc(F)cc1)C1Cc2ccccc21. The molecular formula is C17H18FN. The van der Waals surface area contributed by atoms with Crippen molar-refractivity contribution in [2.75, 3.05) is 6.54 Å². The topological polar surface area (TPSA) is 12.0 Å². The Morgan fingerprint density at radius 3 is 2.58 bits per heavy atom. The molecule has 0 saturated heterocycles. The largest absolute Gasteiger partial charge is 0.310 e. The maximum atomic E-state index is 13.1. The zero-order valence-electron chi connectivity index (χ0n) is 11.1. The van der Waals surface area contributed by atoms with Crippen LogP contribution in [0.15, 0.2) is 48.5 Å². The highest BCUT2D eigenvalue weighted by atomic mass is 19.1. The van der Waals surface area contributed by atoms with Crippen molar-refractivity contribution in [2.45, 2.75) is 25.3 Å². The van der Waals surface area contributed by atoms with E-state index in [1.165, 1.54) is 16.7 Å². The molecule has 0 amide bonds. The summed E-state index contributed by atoms with van der Waals surface area (Å²) in [4.78, 5) is 0. The van der Waals surface area contributed by atoms with Gasteiger partial charge in [-0.25, -0.2) is 4.39 Å². The molecule has 98 valence electrons. The van der Waals surface area contributed by atoms with Gasteiger partial charge in [0.1, 0.15) is 5.82 Å². The number of fused-ring (bicyclic) bond motifs is 1. The molecule has 1 aliphatic rings. The van der Waals surface area contributed by atoms with Crippen molar-refractivity contribution in [3.05, 3.63) is 71.0 Å². The van der Waals surface area contributed by atoms with Crippen LogP contribution in [0.3, 0.4) is 0 Å². The van der Waals surface area contributed by atoms with Crippen molar-refractivity contribution >= 4 is 0 Å². The highest BCUT2D eigenvalue weighted by molar-refractivity contribution is 5.43. The first-order valence-electron chi connectivity index (χ1n) is 6.86. The molecule has 1 aliphatic carbocycles. The maximum Gasteiger partial charge on any atom is 0.123 e. The van der Waals surface area contributed by atoms with Gasteiger partial charge in [0, 0.05) is 12.0 Å². The standard InChI is InChI=1S/C17H18FN/c1-2-19-17(12-7-9-14(18)10-8-12)16-11-13-5-3-4-6-15(13)16/h3-10,16-17,19H,2,11H2,1H3. The third kappa shape index (κ3) is 2.28. The summed E-state index contributed by atoms with van der Waals surface area (Å²) >= 11 is 0. The maximum absolute atomic E-state index is 13.1. The Balaban J connectivity index is 1.89. The Morgan fingerprint density at radius 2 is 1.89 bits per heavy atom. The Morgan fingerprint density at radius 1 is 1.16 bits per heavy atom. The van der Waals surface area contributed by atoms with Crippen LogP contribution in [0.1, 0.15) is 35.6 Å². The molecule has 19 heavy (non-hydrogen) atoms. The van der Waals surface area contributed by atoms with Crippen molar-refractivity contribution in [2.24, 2.45) is 0 Å². The van der Waals surface area contributed by atoms with Crippen molar-refractivity contribution in [1.82, 2.24) is 5.32 Å². The van der Waals surface area contributed by atoms with Crippen LogP contribution in [-0.2, 0) is 6.42 Å². The lowest BCUT2D eigenvalue weighted by atomic mass is 9.71. The van der Waals surface area contributed by atoms with Gasteiger partial charge in [-0.3, -0.25) is 0 Å². The smallest absolute Gasteiger partial charge is 0.123 e. The summed E-state index contributed by atoms with van der Waals surface area (Å²) < 4.78 is 13.1. The number of hydrogen-bond donors (Lipinski definition) is 1. The van der Waals surface area contributed by atoms with Crippen LogP contribution < -0.4 is 5.32 Å². The zero-order chi connectivity index (χ0) is 13.2. The molecule has 0 heterocycles. The Kier molecular flexibility index (Phi) is 3.34. The van der Waals surface area contributed by atoms with E-state index in [0.29, 0.717) is 5.92 Å². The number of hydrogen-bond acceptors (Lipinski definition) is 1. The summed E-state index contributed by atoms with van der Waals surface area (Å²) in [6.07, 6.45) is 1.10. The van der Waals surface area contributed by atoms with Crippen molar-refractivity contribution < 1.29 is 4.39 Å². The van der Waals surface area contributed by atoms with Crippen LogP contribution in [0.4, 0.5) is 4.39 Å². The van der Waals surface area contributed by atoms with E-state index >= 15 is 0 Å². The Bertz CT molecular complexity index is 562. The number of nitrogens with one attached hydrogen (secondary N) is 1. The monoisotopic (exact) mass is 255 g/mol. The second-order valence-corrected chi connectivity index (χ2v) is 5.10. The molecule has 2 aromatic carbocycles. The average molecular weight is 255 g/mol. The van der Waals surface area contributed by atoms with Crippen LogP contribution in [0.2, 0.25) is 0 Å². The van der Waals surface area contributed by atoms with E-state index in [1.807, 2.05) is 12.1 Å². The molecule has 0 aromatic heterocycles. The number of likely N-dealkylation sites (N-methyl/N-ethyl adjacent to an activating group) is 1. The van der Waals surface area contributed by atoms with Gasteiger partial charge in [0.2, 0.25) is 0 Å². The molecular weight excluding hydrogens is 237 g/mol. The van der Waals surface area contributed by atoms with E-state index < -0.39 is 0 Å². The fourth-order valence-electron chi connectivity index (χ4n) is 2.98. The molecule has 1 N–H and O–H groups in total. The van der Waals surface area contributed by atoms with Crippen LogP contribution in [0.5, 0.6) is 0 Å². The summed E-state index contributed by atoms with van der Waals surface area (Å²) in [6.45, 7) is 3.03. The van der Waals surface area contributed by atoms with Gasteiger partial charge in [0.15, 0.2) is 0 Å². The molecule has 2 aromatic rings. The van der Waals surface area contributed by atoms with Crippen molar-refractivity contribution in [3.8, 4) is 0 Å². The van der Waals surface area contributed by atoms with E-state index in [0.717, 1.165) is 13.0 Å². The normalized spacial score (nSPS) is 18.5. The summed E-state index contributed by atoms with van der Waals surface area (Å²) in [5, 5.41) is 3.54. The Labute approximate surface area is 113 Å². The lowest BCUT2D eigenvalue weighted by molar-refractivity contribution is 0.419. The second kappa shape index (κ2) is 5.14. The van der Waals surface area contributed by atoms with Crippen LogP contribution >= 0.6 is 0 Å². The van der Waals surface area contributed by atoms with Crippen LogP contribution in [-0.4, -0.2) is 6.54 Å². The molecule has 3 rings (SSSR count). The fourth-order valence-corrected chi connectivity index (χ4v) is 2.98. The first kappa shape index (κ1) is 12.4. The third-order valence-electron chi connectivity index (χ3n) is 3.95. The van der Waals surface area contributed by atoms with Gasteiger partial charge in [-0.15, -0.1) is 0 Å². The summed E-state index contributed by atoms with van der Waals surface area (Å²) in [6, 6.07) is 15.7. The first-order valence-corrected chi connectivity index (χ1v) is 6.86. The van der Waals surface area contributed by atoms with Crippen molar-refractivity contribution in [1.29, 1.82) is 0 Å². The van der Waals surface area contributed by atoms with E-state index in [4.69, 9.17) is 0 Å². The van der Waals surface area contributed by atoms with Gasteiger partial charge < -0.3 is 5.32 Å². The van der Waals surface area contributed by atoms with Gasteiger partial charge in [-0.2, -0.15) is 0 Å². The highest BCUT2D eigenvalue weighted by Crippen LogP contribution is 2.43. The van der Waals surface area contributed by atoms with E-state index in [1.54, 1.807) is 12.1 Å². The lowest BCUT2D eigenvalue weighted by Crippen LogP contribution is -2.33. The molecule has 0 aliphatic heterocycles. The minimum absolute atomic E-state index is 0.173. The van der Waals surface area contributed by atoms with Gasteiger partial charge in [-0.05, 0) is 41.8 Å². The summed E-state index contributed by atoms with van der Waals surface area (Å²) in [5.74, 6) is 0.328. The molecule has 2 heteroatoms. The summed E-state index contributed by atoms with van der Waals surface area (Å²) in [7, 11) is 0. The molecule has 0 radical (unpaired) electrons. The molecule has 0 saturated carbocycles. The van der Waals surface area contributed by atoms with E-state index in [2.05, 4.69) is 36.5 Å². The predicted octanol–water partition coefficient (Wildman–Crippen LogP) is 3.82. The molecule has 0 spiro atoms. The summed E-state index contributed by atoms with van der Waals surface area (Å²) in [5.41, 5.74) is 4.04. The number of halogens is 1. The van der Waals surface area contributed by atoms with Gasteiger partial charge in [0.25, 0.3) is 0 Å². The second-order valence-electron chi connectivity index (χ2n) is 5.10. The minimum Gasteiger partial charge on any atom is -0.310 e. The first-order chi connectivity index (χ1) is 9.29. The third-order valence-corrected chi connectivity index (χ3v) is 3.95.